The topological polar surface area (TPSA) is 74.2 Å². The van der Waals surface area contributed by atoms with Crippen LogP contribution in [0.5, 0.6) is 0 Å². The van der Waals surface area contributed by atoms with Gasteiger partial charge in [0.15, 0.2) is 0 Å². The number of carbonyl (C=O) groups excluding carboxylic acids is 1. The van der Waals surface area contributed by atoms with E-state index in [-0.39, 0.29) is 24.7 Å². The molecule has 0 bridgehead atoms. The number of benzene rings is 1. The van der Waals surface area contributed by atoms with Crippen molar-refractivity contribution in [2.75, 3.05) is 6.61 Å². The summed E-state index contributed by atoms with van der Waals surface area (Å²) in [6.45, 7) is 7.82. The number of amides is 2. The summed E-state index contributed by atoms with van der Waals surface area (Å²) in [4.78, 5) is 17.7. The number of aliphatic hydroxyl groups excluding tert-OH is 1. The Labute approximate surface area is 147 Å². The van der Waals surface area contributed by atoms with E-state index in [4.69, 9.17) is 5.11 Å². The van der Waals surface area contributed by atoms with Crippen LogP contribution in [0, 0.1) is 13.8 Å². The van der Waals surface area contributed by atoms with E-state index in [0.29, 0.717) is 6.42 Å². The van der Waals surface area contributed by atoms with Crippen LogP contribution in [0.4, 0.5) is 4.79 Å². The van der Waals surface area contributed by atoms with Crippen molar-refractivity contribution in [3.05, 3.63) is 40.4 Å². The first-order valence-corrected chi connectivity index (χ1v) is 8.98. The SMILES string of the molecule is CCC(CO)NC(=O)NC(C)c1sc(-c2ccc(C)cc2)nc1C. The molecule has 6 heteroatoms. The van der Waals surface area contributed by atoms with E-state index in [9.17, 15) is 4.79 Å². The number of aromatic nitrogens is 1. The predicted molar refractivity (Wildman–Crippen MR) is 98.3 cm³/mol. The van der Waals surface area contributed by atoms with Crippen LogP contribution in [0.15, 0.2) is 24.3 Å². The molecule has 0 saturated carbocycles. The molecule has 5 nitrogen and oxygen atoms in total. The number of aliphatic hydroxyl groups is 1. The van der Waals surface area contributed by atoms with E-state index in [0.717, 1.165) is 21.1 Å². The molecule has 1 aromatic carbocycles. The standard InChI is InChI=1S/C18H25N3O2S/c1-5-15(10-22)21-18(23)20-13(4)16-12(3)19-17(24-16)14-8-6-11(2)7-9-14/h6-9,13,15,22H,5,10H2,1-4H3,(H2,20,21,23). The summed E-state index contributed by atoms with van der Waals surface area (Å²) in [5.74, 6) is 0. The second kappa shape index (κ2) is 8.26. The Morgan fingerprint density at radius 2 is 1.92 bits per heavy atom. The Morgan fingerprint density at radius 3 is 2.50 bits per heavy atom. The predicted octanol–water partition coefficient (Wildman–Crippen LogP) is 3.56. The maximum atomic E-state index is 12.0. The van der Waals surface area contributed by atoms with Crippen molar-refractivity contribution in [1.82, 2.24) is 15.6 Å². The average Bonchev–Trinajstić information content (AvgIpc) is 2.95. The lowest BCUT2D eigenvalue weighted by Crippen LogP contribution is -2.44. The zero-order valence-electron chi connectivity index (χ0n) is 14.6. The van der Waals surface area contributed by atoms with Gasteiger partial charge in [-0.05, 0) is 27.2 Å². The molecule has 0 aliphatic carbocycles. The van der Waals surface area contributed by atoms with Gasteiger partial charge in [0.05, 0.1) is 29.3 Å². The third-order valence-electron chi connectivity index (χ3n) is 3.92. The fourth-order valence-electron chi connectivity index (χ4n) is 2.40. The fourth-order valence-corrected chi connectivity index (χ4v) is 3.47. The molecule has 2 unspecified atom stereocenters. The number of rotatable bonds is 6. The Morgan fingerprint density at radius 1 is 1.25 bits per heavy atom. The van der Waals surface area contributed by atoms with Gasteiger partial charge in [-0.1, -0.05) is 36.8 Å². The van der Waals surface area contributed by atoms with Gasteiger partial charge < -0.3 is 15.7 Å². The van der Waals surface area contributed by atoms with Crippen molar-refractivity contribution in [2.24, 2.45) is 0 Å². The number of thiazole rings is 1. The summed E-state index contributed by atoms with van der Waals surface area (Å²) in [7, 11) is 0. The number of carbonyl (C=O) groups is 1. The number of urea groups is 1. The van der Waals surface area contributed by atoms with E-state index in [2.05, 4.69) is 46.8 Å². The number of aryl methyl sites for hydroxylation is 2. The van der Waals surface area contributed by atoms with Crippen molar-refractivity contribution >= 4 is 17.4 Å². The smallest absolute Gasteiger partial charge is 0.315 e. The summed E-state index contributed by atoms with van der Waals surface area (Å²) in [5.41, 5.74) is 3.23. The van der Waals surface area contributed by atoms with Gasteiger partial charge in [-0.25, -0.2) is 9.78 Å². The molecule has 0 fully saturated rings. The minimum Gasteiger partial charge on any atom is -0.394 e. The van der Waals surface area contributed by atoms with Crippen LogP contribution in [0.1, 0.15) is 42.4 Å². The lowest BCUT2D eigenvalue weighted by atomic mass is 10.2. The van der Waals surface area contributed by atoms with Crippen LogP contribution in [-0.2, 0) is 0 Å². The second-order valence-electron chi connectivity index (χ2n) is 5.96. The van der Waals surface area contributed by atoms with Gasteiger partial charge in [-0.3, -0.25) is 0 Å². The largest absolute Gasteiger partial charge is 0.394 e. The summed E-state index contributed by atoms with van der Waals surface area (Å²) in [6.07, 6.45) is 0.690. The van der Waals surface area contributed by atoms with Crippen molar-refractivity contribution in [2.45, 2.75) is 46.2 Å². The summed E-state index contributed by atoms with van der Waals surface area (Å²) < 4.78 is 0. The first-order valence-electron chi connectivity index (χ1n) is 8.16. The maximum Gasteiger partial charge on any atom is 0.315 e. The minimum absolute atomic E-state index is 0.0601. The number of hydrogen-bond donors (Lipinski definition) is 3. The highest BCUT2D eigenvalue weighted by molar-refractivity contribution is 7.15. The van der Waals surface area contributed by atoms with Crippen LogP contribution in [0.25, 0.3) is 10.6 Å². The van der Waals surface area contributed by atoms with Gasteiger partial charge in [-0.2, -0.15) is 0 Å². The van der Waals surface area contributed by atoms with E-state index in [1.807, 2.05) is 20.8 Å². The summed E-state index contributed by atoms with van der Waals surface area (Å²) >= 11 is 1.60. The number of nitrogens with one attached hydrogen (secondary N) is 2. The molecular weight excluding hydrogens is 322 g/mol. The van der Waals surface area contributed by atoms with Crippen LogP contribution in [0.2, 0.25) is 0 Å². The fraction of sp³-hybridized carbons (Fsp3) is 0.444. The quantitative estimate of drug-likeness (QED) is 0.748. The molecule has 3 N–H and O–H groups in total. The molecular formula is C18H25N3O2S. The van der Waals surface area contributed by atoms with E-state index in [1.54, 1.807) is 11.3 Å². The molecule has 2 amide bonds. The molecule has 2 aromatic rings. The third kappa shape index (κ3) is 4.55. The first kappa shape index (κ1) is 18.4. The van der Waals surface area contributed by atoms with Gasteiger partial charge in [0.2, 0.25) is 0 Å². The molecule has 1 aromatic heterocycles. The van der Waals surface area contributed by atoms with Gasteiger partial charge in [-0.15, -0.1) is 11.3 Å². The Kier molecular flexibility index (Phi) is 6.34. The highest BCUT2D eigenvalue weighted by Crippen LogP contribution is 2.31. The summed E-state index contributed by atoms with van der Waals surface area (Å²) in [5, 5.41) is 15.8. The van der Waals surface area contributed by atoms with Crippen LogP contribution in [0.3, 0.4) is 0 Å². The Hall–Kier alpha value is -1.92. The van der Waals surface area contributed by atoms with Crippen LogP contribution in [-0.4, -0.2) is 28.8 Å². The number of hydrogen-bond acceptors (Lipinski definition) is 4. The van der Waals surface area contributed by atoms with Gasteiger partial charge >= 0.3 is 6.03 Å². The zero-order valence-corrected chi connectivity index (χ0v) is 15.4. The minimum atomic E-state index is -0.270. The van der Waals surface area contributed by atoms with E-state index in [1.165, 1.54) is 5.56 Å². The zero-order chi connectivity index (χ0) is 17.7. The molecule has 0 radical (unpaired) electrons. The summed E-state index contributed by atoms with van der Waals surface area (Å²) in [6, 6.07) is 7.64. The highest BCUT2D eigenvalue weighted by Gasteiger charge is 2.18. The monoisotopic (exact) mass is 347 g/mol. The molecule has 130 valence electrons. The normalized spacial score (nSPS) is 13.4. The van der Waals surface area contributed by atoms with Crippen LogP contribution < -0.4 is 10.6 Å². The second-order valence-corrected chi connectivity index (χ2v) is 6.99. The molecule has 0 saturated heterocycles. The highest BCUT2D eigenvalue weighted by atomic mass is 32.1. The lowest BCUT2D eigenvalue weighted by molar-refractivity contribution is 0.212. The third-order valence-corrected chi connectivity index (χ3v) is 5.31. The van der Waals surface area contributed by atoms with Crippen molar-refractivity contribution in [3.63, 3.8) is 0 Å². The number of nitrogens with zero attached hydrogens (tertiary/aromatic N) is 1. The lowest BCUT2D eigenvalue weighted by Gasteiger charge is -2.18. The van der Waals surface area contributed by atoms with Crippen molar-refractivity contribution < 1.29 is 9.90 Å². The molecule has 0 spiro atoms. The molecule has 0 aliphatic rings. The Bertz CT molecular complexity index is 678. The molecule has 0 aliphatic heterocycles. The molecule has 1 heterocycles. The Balaban J connectivity index is 2.08. The first-order chi connectivity index (χ1) is 11.4. The average molecular weight is 347 g/mol. The molecule has 2 atom stereocenters. The molecule has 24 heavy (non-hydrogen) atoms. The maximum absolute atomic E-state index is 12.0. The van der Waals surface area contributed by atoms with E-state index >= 15 is 0 Å². The molecule has 2 rings (SSSR count). The van der Waals surface area contributed by atoms with Gasteiger partial charge in [0.25, 0.3) is 0 Å². The van der Waals surface area contributed by atoms with Crippen LogP contribution >= 0.6 is 11.3 Å². The van der Waals surface area contributed by atoms with Gasteiger partial charge in [0.1, 0.15) is 5.01 Å². The van der Waals surface area contributed by atoms with E-state index < -0.39 is 0 Å². The van der Waals surface area contributed by atoms with Crippen molar-refractivity contribution in [1.29, 1.82) is 0 Å². The van der Waals surface area contributed by atoms with Gasteiger partial charge in [0, 0.05) is 5.56 Å². The van der Waals surface area contributed by atoms with Crippen molar-refractivity contribution in [3.8, 4) is 10.6 Å².